The molecule has 0 amide bonds. The van der Waals surface area contributed by atoms with Gasteiger partial charge in [0, 0.05) is 0 Å². The van der Waals surface area contributed by atoms with Crippen LogP contribution in [-0.4, -0.2) is 10.2 Å². The number of aromatic amines is 1. The molecule has 0 radical (unpaired) electrons. The molecule has 0 saturated heterocycles. The Bertz CT molecular complexity index is 254. The lowest BCUT2D eigenvalue weighted by atomic mass is 10.1. The van der Waals surface area contributed by atoms with E-state index in [9.17, 15) is 0 Å². The Labute approximate surface area is 59.7 Å². The van der Waals surface area contributed by atoms with Crippen LogP contribution in [0.25, 0.3) is 0 Å². The second-order valence-corrected chi connectivity index (χ2v) is 2.46. The first kappa shape index (κ1) is 6.81. The van der Waals surface area contributed by atoms with Gasteiger partial charge >= 0.3 is 0 Å². The summed E-state index contributed by atoms with van der Waals surface area (Å²) in [4.78, 5) is 0. The highest BCUT2D eigenvalue weighted by molar-refractivity contribution is 5.31. The Morgan fingerprint density at radius 2 is 2.40 bits per heavy atom. The van der Waals surface area contributed by atoms with E-state index in [0.717, 1.165) is 5.69 Å². The number of nitriles is 1. The van der Waals surface area contributed by atoms with Crippen molar-refractivity contribution in [2.45, 2.75) is 19.8 Å². The van der Waals surface area contributed by atoms with Crippen molar-refractivity contribution in [3.05, 3.63) is 17.5 Å². The van der Waals surface area contributed by atoms with Crippen molar-refractivity contribution in [2.24, 2.45) is 0 Å². The van der Waals surface area contributed by atoms with E-state index in [4.69, 9.17) is 5.26 Å². The van der Waals surface area contributed by atoms with Crippen LogP contribution in [0.3, 0.4) is 0 Å². The summed E-state index contributed by atoms with van der Waals surface area (Å²) in [7, 11) is 0. The first-order valence-electron chi connectivity index (χ1n) is 3.19. The minimum Gasteiger partial charge on any atom is -0.281 e. The summed E-state index contributed by atoms with van der Waals surface area (Å²) < 4.78 is 0. The summed E-state index contributed by atoms with van der Waals surface area (Å²) in [5, 5.41) is 15.1. The molecule has 0 aliphatic carbocycles. The number of hydrogen-bond donors (Lipinski definition) is 1. The van der Waals surface area contributed by atoms with Gasteiger partial charge < -0.3 is 0 Å². The molecule has 0 atom stereocenters. The third-order valence-electron chi connectivity index (χ3n) is 1.37. The first-order chi connectivity index (χ1) is 4.75. The van der Waals surface area contributed by atoms with Gasteiger partial charge in [-0.3, -0.25) is 5.10 Å². The summed E-state index contributed by atoms with van der Waals surface area (Å²) in [6.45, 7) is 4.04. The third kappa shape index (κ3) is 1.01. The molecule has 0 bridgehead atoms. The van der Waals surface area contributed by atoms with E-state index in [1.165, 1.54) is 0 Å². The molecule has 0 aliphatic heterocycles. The molecule has 1 aromatic heterocycles. The topological polar surface area (TPSA) is 52.5 Å². The number of hydrogen-bond acceptors (Lipinski definition) is 2. The first-order valence-corrected chi connectivity index (χ1v) is 3.19. The van der Waals surface area contributed by atoms with Gasteiger partial charge in [0.2, 0.25) is 0 Å². The van der Waals surface area contributed by atoms with Crippen LogP contribution < -0.4 is 0 Å². The average Bonchev–Trinajstić information content (AvgIpc) is 2.33. The Balaban J connectivity index is 3.05. The molecule has 1 rings (SSSR count). The van der Waals surface area contributed by atoms with E-state index >= 15 is 0 Å². The highest BCUT2D eigenvalue weighted by Crippen LogP contribution is 2.14. The van der Waals surface area contributed by atoms with E-state index in [0.29, 0.717) is 11.5 Å². The van der Waals surface area contributed by atoms with E-state index in [1.54, 1.807) is 6.20 Å². The Kier molecular flexibility index (Phi) is 1.72. The van der Waals surface area contributed by atoms with E-state index in [-0.39, 0.29) is 0 Å². The van der Waals surface area contributed by atoms with E-state index in [1.807, 2.05) is 13.8 Å². The largest absolute Gasteiger partial charge is 0.281 e. The third-order valence-corrected chi connectivity index (χ3v) is 1.37. The van der Waals surface area contributed by atoms with Crippen molar-refractivity contribution in [1.29, 1.82) is 5.26 Å². The van der Waals surface area contributed by atoms with Gasteiger partial charge in [-0.2, -0.15) is 10.4 Å². The normalized spacial score (nSPS) is 9.80. The fourth-order valence-corrected chi connectivity index (χ4v) is 0.825. The van der Waals surface area contributed by atoms with Gasteiger partial charge in [-0.1, -0.05) is 13.8 Å². The highest BCUT2D eigenvalue weighted by atomic mass is 15.1. The van der Waals surface area contributed by atoms with Crippen molar-refractivity contribution >= 4 is 0 Å². The van der Waals surface area contributed by atoms with Gasteiger partial charge in [0.05, 0.1) is 17.5 Å². The van der Waals surface area contributed by atoms with Crippen LogP contribution in [0.2, 0.25) is 0 Å². The van der Waals surface area contributed by atoms with Crippen LogP contribution in [0.1, 0.15) is 31.0 Å². The van der Waals surface area contributed by atoms with Gasteiger partial charge in [-0.25, -0.2) is 0 Å². The molecule has 10 heavy (non-hydrogen) atoms. The molecule has 52 valence electrons. The molecule has 1 heterocycles. The molecule has 0 aromatic carbocycles. The van der Waals surface area contributed by atoms with Crippen molar-refractivity contribution in [3.8, 4) is 6.07 Å². The molecular formula is C7H9N3. The Morgan fingerprint density at radius 1 is 1.70 bits per heavy atom. The summed E-state index contributed by atoms with van der Waals surface area (Å²) in [5.74, 6) is 0.345. The van der Waals surface area contributed by atoms with Crippen molar-refractivity contribution in [3.63, 3.8) is 0 Å². The standard InChI is InChI=1S/C7H9N3/c1-5(2)7-6(3-8)4-9-10-7/h4-5H,1-2H3,(H,9,10). The van der Waals surface area contributed by atoms with Gasteiger partial charge in [0.25, 0.3) is 0 Å². The molecule has 1 aromatic rings. The van der Waals surface area contributed by atoms with Crippen LogP contribution in [0, 0.1) is 11.3 Å². The monoisotopic (exact) mass is 135 g/mol. The lowest BCUT2D eigenvalue weighted by Crippen LogP contribution is -1.89. The number of rotatable bonds is 1. The molecule has 0 unspecified atom stereocenters. The number of nitrogens with one attached hydrogen (secondary N) is 1. The van der Waals surface area contributed by atoms with Crippen molar-refractivity contribution < 1.29 is 0 Å². The maximum Gasteiger partial charge on any atom is 0.103 e. The fourth-order valence-electron chi connectivity index (χ4n) is 0.825. The van der Waals surface area contributed by atoms with E-state index in [2.05, 4.69) is 16.3 Å². The number of nitrogens with zero attached hydrogens (tertiary/aromatic N) is 2. The zero-order chi connectivity index (χ0) is 7.56. The van der Waals surface area contributed by atoms with Gasteiger partial charge in [0.1, 0.15) is 6.07 Å². The van der Waals surface area contributed by atoms with Crippen LogP contribution in [0.5, 0.6) is 0 Å². The van der Waals surface area contributed by atoms with E-state index < -0.39 is 0 Å². The zero-order valence-electron chi connectivity index (χ0n) is 6.05. The zero-order valence-corrected chi connectivity index (χ0v) is 6.05. The summed E-state index contributed by atoms with van der Waals surface area (Å²) in [5.41, 5.74) is 1.57. The molecule has 0 aliphatic rings. The minimum atomic E-state index is 0.345. The minimum absolute atomic E-state index is 0.345. The van der Waals surface area contributed by atoms with Crippen molar-refractivity contribution in [2.75, 3.05) is 0 Å². The smallest absolute Gasteiger partial charge is 0.103 e. The van der Waals surface area contributed by atoms with Gasteiger partial charge in [-0.15, -0.1) is 0 Å². The van der Waals surface area contributed by atoms with Crippen LogP contribution in [-0.2, 0) is 0 Å². The molecule has 3 nitrogen and oxygen atoms in total. The summed E-state index contributed by atoms with van der Waals surface area (Å²) in [6.07, 6.45) is 1.55. The number of aromatic nitrogens is 2. The Morgan fingerprint density at radius 3 is 2.80 bits per heavy atom. The van der Waals surface area contributed by atoms with Crippen molar-refractivity contribution in [1.82, 2.24) is 10.2 Å². The highest BCUT2D eigenvalue weighted by Gasteiger charge is 2.06. The maximum absolute atomic E-state index is 8.55. The van der Waals surface area contributed by atoms with Crippen LogP contribution >= 0.6 is 0 Å². The second-order valence-electron chi connectivity index (χ2n) is 2.46. The molecule has 1 N–H and O–H groups in total. The fraction of sp³-hybridized carbons (Fsp3) is 0.429. The second kappa shape index (κ2) is 2.53. The SMILES string of the molecule is CC(C)c1[nH]ncc1C#N. The molecule has 0 fully saturated rings. The van der Waals surface area contributed by atoms with Crippen LogP contribution in [0.15, 0.2) is 6.20 Å². The Hall–Kier alpha value is -1.30. The summed E-state index contributed by atoms with van der Waals surface area (Å²) >= 11 is 0. The molecular weight excluding hydrogens is 126 g/mol. The van der Waals surface area contributed by atoms with Gasteiger partial charge in [0.15, 0.2) is 0 Å². The maximum atomic E-state index is 8.55. The van der Waals surface area contributed by atoms with Gasteiger partial charge in [-0.05, 0) is 5.92 Å². The number of H-pyrrole nitrogens is 1. The molecule has 0 saturated carbocycles. The summed E-state index contributed by atoms with van der Waals surface area (Å²) in [6, 6.07) is 2.06. The molecule has 0 spiro atoms. The predicted molar refractivity (Wildman–Crippen MR) is 37.4 cm³/mol. The predicted octanol–water partition coefficient (Wildman–Crippen LogP) is 1.40. The van der Waals surface area contributed by atoms with Crippen LogP contribution in [0.4, 0.5) is 0 Å². The lowest BCUT2D eigenvalue weighted by molar-refractivity contribution is 0.808. The molecule has 3 heteroatoms. The lowest BCUT2D eigenvalue weighted by Gasteiger charge is -1.98. The quantitative estimate of drug-likeness (QED) is 0.632. The average molecular weight is 135 g/mol.